The monoisotopic (exact) mass is 551 g/mol. The van der Waals surface area contributed by atoms with Gasteiger partial charge < -0.3 is 21.6 Å². The number of benzene rings is 4. The molecular weight excluding hydrogens is 514 g/mol. The second kappa shape index (κ2) is 14.3. The van der Waals surface area contributed by atoms with Crippen molar-refractivity contribution in [2.24, 2.45) is 11.8 Å². The molecule has 0 aliphatic carbocycles. The van der Waals surface area contributed by atoms with E-state index in [4.69, 9.17) is 11.7 Å². The minimum absolute atomic E-state index is 0.00978. The van der Waals surface area contributed by atoms with Crippen LogP contribution in [0, 0.1) is 5.92 Å². The third kappa shape index (κ3) is 8.57. The quantitative estimate of drug-likeness (QED) is 0.136. The summed E-state index contributed by atoms with van der Waals surface area (Å²) in [4.78, 5) is 24.7. The van der Waals surface area contributed by atoms with Crippen LogP contribution in [0.25, 0.3) is 17.0 Å². The summed E-state index contributed by atoms with van der Waals surface area (Å²) in [5.74, 6) is 12.9. The highest BCUT2D eigenvalue weighted by molar-refractivity contribution is 5.95. The maximum atomic E-state index is 13.4. The van der Waals surface area contributed by atoms with E-state index in [2.05, 4.69) is 10.6 Å². The SMILES string of the molecule is CC(=O)NCc1cccc(-c2ccc(C(=O)NC(Cc3ccccc3)C(CO)Cc3cccc([NH+]([NH-])N)c3)cc2)c1. The number of carbonyl (C=O) groups is 2. The highest BCUT2D eigenvalue weighted by atomic mass is 16.3. The van der Waals surface area contributed by atoms with Gasteiger partial charge in [-0.2, -0.15) is 5.84 Å². The Hall–Kier alpha value is -4.34. The average Bonchev–Trinajstić information content (AvgIpc) is 2.99. The molecule has 0 saturated heterocycles. The van der Waals surface area contributed by atoms with Crippen molar-refractivity contribution < 1.29 is 19.8 Å². The summed E-state index contributed by atoms with van der Waals surface area (Å²) in [6.45, 7) is 1.83. The van der Waals surface area contributed by atoms with Crippen LogP contribution in [0.2, 0.25) is 0 Å². The Morgan fingerprint density at radius 2 is 1.51 bits per heavy atom. The van der Waals surface area contributed by atoms with Gasteiger partial charge in [0, 0.05) is 49.7 Å². The molecule has 4 rings (SSSR count). The molecule has 8 heteroatoms. The normalized spacial score (nSPS) is 13.2. The third-order valence-corrected chi connectivity index (χ3v) is 7.10. The lowest BCUT2D eigenvalue weighted by molar-refractivity contribution is -0.790. The molecule has 0 bridgehead atoms. The summed E-state index contributed by atoms with van der Waals surface area (Å²) in [5, 5.41) is 16.4. The number of aliphatic hydroxyl groups is 1. The second-order valence-electron chi connectivity index (χ2n) is 10.2. The minimum atomic E-state index is -0.332. The van der Waals surface area contributed by atoms with E-state index in [9.17, 15) is 14.7 Å². The average molecular weight is 552 g/mol. The Morgan fingerprint density at radius 1 is 0.829 bits per heavy atom. The lowest BCUT2D eigenvalue weighted by Gasteiger charge is -2.27. The first-order valence-electron chi connectivity index (χ1n) is 13.6. The van der Waals surface area contributed by atoms with E-state index in [0.29, 0.717) is 30.6 Å². The first-order valence-corrected chi connectivity index (χ1v) is 13.6. The van der Waals surface area contributed by atoms with E-state index in [0.717, 1.165) is 27.8 Å². The fourth-order valence-electron chi connectivity index (χ4n) is 4.86. The highest BCUT2D eigenvalue weighted by Gasteiger charge is 2.25. The fraction of sp³-hybridized carbons (Fsp3) is 0.212. The van der Waals surface area contributed by atoms with Crippen molar-refractivity contribution in [2.75, 3.05) is 6.61 Å². The molecule has 0 saturated carbocycles. The molecule has 3 atom stereocenters. The first kappa shape index (κ1) is 29.6. The molecule has 4 aromatic carbocycles. The highest BCUT2D eigenvalue weighted by Crippen LogP contribution is 2.22. The molecule has 41 heavy (non-hydrogen) atoms. The van der Waals surface area contributed by atoms with Crippen LogP contribution in [-0.2, 0) is 24.2 Å². The Bertz CT molecular complexity index is 1440. The number of nitrogens with one attached hydrogen (secondary N) is 4. The molecule has 0 spiro atoms. The zero-order chi connectivity index (χ0) is 29.2. The van der Waals surface area contributed by atoms with Gasteiger partial charge >= 0.3 is 0 Å². The summed E-state index contributed by atoms with van der Waals surface area (Å²) >= 11 is 0. The van der Waals surface area contributed by atoms with Gasteiger partial charge in [-0.1, -0.05) is 72.8 Å². The standard InChI is InChI=1S/C33H37N5O3/c1-23(40)36-21-26-10-5-11-29(18-26)27-13-15-28(16-14-27)33(41)37-32(20-24-7-3-2-4-8-24)30(22-39)17-25-9-6-12-31(19-25)38(34)35/h2-16,18-19,30,32,34,38-39H,17,20-22,35H2,1H3,(H,36,40)(H,37,41). The van der Waals surface area contributed by atoms with Gasteiger partial charge in [-0.25, -0.2) is 0 Å². The predicted octanol–water partition coefficient (Wildman–Crippen LogP) is 3.54. The molecule has 0 heterocycles. The van der Waals surface area contributed by atoms with E-state index in [-0.39, 0.29) is 35.5 Å². The Kier molecular flexibility index (Phi) is 10.4. The van der Waals surface area contributed by atoms with Gasteiger partial charge in [0.15, 0.2) is 0 Å². The maximum absolute atomic E-state index is 13.4. The van der Waals surface area contributed by atoms with Crippen LogP contribution in [0.4, 0.5) is 5.69 Å². The van der Waals surface area contributed by atoms with E-state index in [1.165, 1.54) is 6.92 Å². The molecule has 0 radical (unpaired) electrons. The number of amides is 2. The maximum Gasteiger partial charge on any atom is 0.251 e. The zero-order valence-electron chi connectivity index (χ0n) is 23.1. The van der Waals surface area contributed by atoms with Crippen LogP contribution < -0.4 is 21.6 Å². The lowest BCUT2D eigenvalue weighted by atomic mass is 9.88. The van der Waals surface area contributed by atoms with E-state index in [1.54, 1.807) is 18.2 Å². The van der Waals surface area contributed by atoms with Gasteiger partial charge in [0.1, 0.15) is 5.69 Å². The second-order valence-corrected chi connectivity index (χ2v) is 10.2. The summed E-state index contributed by atoms with van der Waals surface area (Å²) in [6.07, 6.45) is 1.08. The third-order valence-electron chi connectivity index (χ3n) is 7.10. The Balaban J connectivity index is 1.52. The van der Waals surface area contributed by atoms with Crippen molar-refractivity contribution in [1.82, 2.24) is 10.6 Å². The van der Waals surface area contributed by atoms with Crippen molar-refractivity contribution in [3.8, 4) is 11.1 Å². The first-order chi connectivity index (χ1) is 19.8. The Morgan fingerprint density at radius 3 is 2.20 bits per heavy atom. The molecular formula is C33H37N5O3. The van der Waals surface area contributed by atoms with Gasteiger partial charge in [-0.3, -0.25) is 14.7 Å². The van der Waals surface area contributed by atoms with Crippen molar-refractivity contribution in [3.63, 3.8) is 0 Å². The van der Waals surface area contributed by atoms with Gasteiger partial charge in [0.25, 0.3) is 5.91 Å². The summed E-state index contributed by atoms with van der Waals surface area (Å²) in [7, 11) is 0. The minimum Gasteiger partial charge on any atom is -0.443 e. The van der Waals surface area contributed by atoms with E-state index >= 15 is 0 Å². The molecule has 0 fully saturated rings. The lowest BCUT2D eigenvalue weighted by Crippen LogP contribution is -3.06. The van der Waals surface area contributed by atoms with Crippen LogP contribution in [0.1, 0.15) is 34.0 Å². The van der Waals surface area contributed by atoms with E-state index < -0.39 is 0 Å². The van der Waals surface area contributed by atoms with E-state index in [1.807, 2.05) is 84.9 Å². The van der Waals surface area contributed by atoms with Crippen molar-refractivity contribution in [1.29, 1.82) is 0 Å². The molecule has 0 aliphatic rings. The summed E-state index contributed by atoms with van der Waals surface area (Å²) < 4.78 is 0. The van der Waals surface area contributed by atoms with Crippen LogP contribution in [0.3, 0.4) is 0 Å². The van der Waals surface area contributed by atoms with Crippen LogP contribution in [0.5, 0.6) is 0 Å². The number of nitrogens with two attached hydrogens (primary N) is 1. The summed E-state index contributed by atoms with van der Waals surface area (Å²) in [6, 6.07) is 32.3. The van der Waals surface area contributed by atoms with Crippen LogP contribution >= 0.6 is 0 Å². The van der Waals surface area contributed by atoms with Gasteiger partial charge in [0.05, 0.1) is 0 Å². The molecule has 2 amide bonds. The van der Waals surface area contributed by atoms with Crippen molar-refractivity contribution in [3.05, 3.63) is 131 Å². The smallest absolute Gasteiger partial charge is 0.251 e. The fourth-order valence-corrected chi connectivity index (χ4v) is 4.86. The molecule has 0 aromatic heterocycles. The molecule has 212 valence electrons. The predicted molar refractivity (Wildman–Crippen MR) is 161 cm³/mol. The Labute approximate surface area is 240 Å². The number of quaternary nitrogens is 1. The van der Waals surface area contributed by atoms with Crippen LogP contribution in [-0.4, -0.2) is 29.6 Å². The number of rotatable bonds is 12. The van der Waals surface area contributed by atoms with Crippen LogP contribution in [0.15, 0.2) is 103 Å². The molecule has 0 aliphatic heterocycles. The van der Waals surface area contributed by atoms with Gasteiger partial charge in [-0.05, 0) is 58.9 Å². The van der Waals surface area contributed by atoms with Crippen molar-refractivity contribution in [2.45, 2.75) is 32.4 Å². The van der Waals surface area contributed by atoms with Gasteiger partial charge in [0.2, 0.25) is 5.91 Å². The van der Waals surface area contributed by atoms with Gasteiger partial charge in [-0.15, -0.1) is 0 Å². The number of nitrogen functional groups attached to an aromatic ring is 1. The number of hydrogen-bond donors (Lipinski definition) is 5. The number of carbonyl (C=O) groups excluding carboxylic acids is 2. The molecule has 4 aromatic rings. The molecule has 8 nitrogen and oxygen atoms in total. The molecule has 3 unspecified atom stereocenters. The number of hydrogen-bond acceptors (Lipinski definition) is 4. The molecule has 7 N–H and O–H groups in total. The summed E-state index contributed by atoms with van der Waals surface area (Å²) in [5.41, 5.74) is 6.10. The largest absolute Gasteiger partial charge is 0.443 e. The number of aliphatic hydroxyl groups excluding tert-OH is 1. The van der Waals surface area contributed by atoms with Crippen molar-refractivity contribution >= 4 is 17.5 Å². The topological polar surface area (TPSA) is 133 Å². The zero-order valence-corrected chi connectivity index (χ0v) is 23.1.